The highest BCUT2D eigenvalue weighted by molar-refractivity contribution is 5.90. The van der Waals surface area contributed by atoms with E-state index in [9.17, 15) is 9.59 Å². The van der Waals surface area contributed by atoms with E-state index in [4.69, 9.17) is 16.3 Å². The number of hydrogen-bond acceptors (Lipinski definition) is 4. The molecular formula is C11H14N4O2. The maximum atomic E-state index is 9.82. The first-order chi connectivity index (χ1) is 7.72. The number of nitrogens with two attached hydrogens (primary N) is 2. The van der Waals surface area contributed by atoms with E-state index < -0.39 is 11.8 Å². The third-order valence-corrected chi connectivity index (χ3v) is 0.892. The number of carbonyl (C=O) groups excluding carboxylic acids is 2. The molecule has 0 radical (unpaired) electrons. The second kappa shape index (κ2) is 13.1. The summed E-state index contributed by atoms with van der Waals surface area (Å²) in [4.78, 5) is 19.3. The third kappa shape index (κ3) is 32.0. The SMILES string of the molecule is C=C(C#N)C#N.C=C(C)C(N)=O.C=CC(N)=O. The molecule has 6 heteroatoms. The van der Waals surface area contributed by atoms with Gasteiger partial charge in [0.1, 0.15) is 17.7 Å². The number of nitriles is 2. The molecule has 0 fully saturated rings. The zero-order valence-corrected chi connectivity index (χ0v) is 9.56. The van der Waals surface area contributed by atoms with E-state index in [1.54, 1.807) is 19.1 Å². The normalized spacial score (nSPS) is 6.29. The van der Waals surface area contributed by atoms with Gasteiger partial charge in [0.15, 0.2) is 0 Å². The lowest BCUT2D eigenvalue weighted by molar-refractivity contribution is -0.115. The first-order valence-electron chi connectivity index (χ1n) is 4.09. The van der Waals surface area contributed by atoms with Crippen LogP contribution < -0.4 is 11.5 Å². The first kappa shape index (κ1) is 19.7. The molecule has 0 aliphatic rings. The van der Waals surface area contributed by atoms with Crippen LogP contribution in [0.15, 0.2) is 37.0 Å². The number of allylic oxidation sites excluding steroid dienone is 1. The summed E-state index contributed by atoms with van der Waals surface area (Å²) < 4.78 is 0. The quantitative estimate of drug-likeness (QED) is 0.524. The number of primary amides is 2. The lowest BCUT2D eigenvalue weighted by Gasteiger charge is -1.81. The molecule has 90 valence electrons. The molecule has 0 aromatic rings. The average Bonchev–Trinajstić information content (AvgIpc) is 2.29. The van der Waals surface area contributed by atoms with Gasteiger partial charge in [-0.1, -0.05) is 19.7 Å². The van der Waals surface area contributed by atoms with Gasteiger partial charge >= 0.3 is 0 Å². The van der Waals surface area contributed by atoms with Crippen LogP contribution in [0, 0.1) is 22.7 Å². The fourth-order valence-electron chi connectivity index (χ4n) is 0.0250. The van der Waals surface area contributed by atoms with Crippen molar-refractivity contribution in [1.29, 1.82) is 10.5 Å². The maximum absolute atomic E-state index is 9.82. The Bertz CT molecular complexity index is 369. The van der Waals surface area contributed by atoms with Crippen LogP contribution in [-0.4, -0.2) is 11.8 Å². The predicted octanol–water partition coefficient (Wildman–Crippen LogP) is 0.295. The van der Waals surface area contributed by atoms with E-state index in [1.807, 2.05) is 0 Å². The van der Waals surface area contributed by atoms with E-state index >= 15 is 0 Å². The van der Waals surface area contributed by atoms with Gasteiger partial charge < -0.3 is 11.5 Å². The Morgan fingerprint density at radius 2 is 1.41 bits per heavy atom. The van der Waals surface area contributed by atoms with Crippen LogP contribution in [-0.2, 0) is 9.59 Å². The summed E-state index contributed by atoms with van der Waals surface area (Å²) >= 11 is 0. The van der Waals surface area contributed by atoms with Crippen molar-refractivity contribution < 1.29 is 9.59 Å². The highest BCUT2D eigenvalue weighted by Gasteiger charge is 1.86. The van der Waals surface area contributed by atoms with Crippen LogP contribution in [0.25, 0.3) is 0 Å². The molecule has 4 N–H and O–H groups in total. The molecule has 0 aliphatic heterocycles. The summed E-state index contributed by atoms with van der Waals surface area (Å²) in [5, 5.41) is 15.5. The molecule has 0 rings (SSSR count). The van der Waals surface area contributed by atoms with Gasteiger partial charge in [0.05, 0.1) is 0 Å². The lowest BCUT2D eigenvalue weighted by atomic mass is 10.3. The highest BCUT2D eigenvalue weighted by atomic mass is 16.1. The zero-order valence-electron chi connectivity index (χ0n) is 9.56. The smallest absolute Gasteiger partial charge is 0.243 e. The van der Waals surface area contributed by atoms with Crippen LogP contribution in [0.4, 0.5) is 0 Å². The zero-order chi connectivity index (χ0) is 14.4. The number of hydrogen-bond donors (Lipinski definition) is 2. The summed E-state index contributed by atoms with van der Waals surface area (Å²) in [6, 6.07) is 3.12. The number of nitrogens with zero attached hydrogens (tertiary/aromatic N) is 2. The Morgan fingerprint density at radius 1 is 1.18 bits per heavy atom. The topological polar surface area (TPSA) is 134 Å². The molecule has 0 aromatic carbocycles. The summed E-state index contributed by atoms with van der Waals surface area (Å²) in [5.74, 6) is -0.917. The minimum absolute atomic E-state index is 0.0463. The molecule has 0 aliphatic carbocycles. The van der Waals surface area contributed by atoms with E-state index in [2.05, 4.69) is 25.5 Å². The van der Waals surface area contributed by atoms with Crippen molar-refractivity contribution in [3.8, 4) is 12.1 Å². The second-order valence-electron chi connectivity index (χ2n) is 2.45. The average molecular weight is 234 g/mol. The Labute approximate surface area is 100 Å². The Kier molecular flexibility index (Phi) is 15.2. The Morgan fingerprint density at radius 3 is 1.41 bits per heavy atom. The second-order valence-corrected chi connectivity index (χ2v) is 2.45. The predicted molar refractivity (Wildman–Crippen MR) is 63.8 cm³/mol. The van der Waals surface area contributed by atoms with Gasteiger partial charge in [-0.05, 0) is 13.0 Å². The van der Waals surface area contributed by atoms with Gasteiger partial charge in [-0.15, -0.1) is 0 Å². The van der Waals surface area contributed by atoms with Crippen molar-refractivity contribution in [2.24, 2.45) is 11.5 Å². The monoisotopic (exact) mass is 234 g/mol. The molecule has 0 heterocycles. The van der Waals surface area contributed by atoms with Crippen LogP contribution in [0.1, 0.15) is 6.92 Å². The van der Waals surface area contributed by atoms with Gasteiger partial charge in [-0.25, -0.2) is 0 Å². The number of amides is 2. The largest absolute Gasteiger partial charge is 0.366 e. The van der Waals surface area contributed by atoms with Crippen molar-refractivity contribution >= 4 is 11.8 Å². The Hall–Kier alpha value is -2.86. The molecule has 2 amide bonds. The fraction of sp³-hybridized carbons (Fsp3) is 0.0909. The molecule has 0 unspecified atom stereocenters. The van der Waals surface area contributed by atoms with Crippen LogP contribution >= 0.6 is 0 Å². The summed E-state index contributed by atoms with van der Waals surface area (Å²) in [6.45, 7) is 11.0. The van der Waals surface area contributed by atoms with E-state index in [0.717, 1.165) is 6.08 Å². The summed E-state index contributed by atoms with van der Waals surface area (Å²) in [7, 11) is 0. The van der Waals surface area contributed by atoms with Crippen molar-refractivity contribution in [3.05, 3.63) is 37.0 Å². The molecular weight excluding hydrogens is 220 g/mol. The summed E-state index contributed by atoms with van der Waals surface area (Å²) in [5.41, 5.74) is 9.58. The van der Waals surface area contributed by atoms with Gasteiger partial charge in [-0.3, -0.25) is 9.59 Å². The minimum Gasteiger partial charge on any atom is -0.366 e. The van der Waals surface area contributed by atoms with Gasteiger partial charge in [0, 0.05) is 5.57 Å². The maximum Gasteiger partial charge on any atom is 0.243 e. The standard InChI is InChI=1S/C4H2N2.C4H7NO.C3H5NO/c1-4(2-5)3-6;1-3(2)4(5)6;1-2-3(4)5/h1H2;1H2,2H3,(H2,5,6);2H,1H2,(H2,4,5). The van der Waals surface area contributed by atoms with Gasteiger partial charge in [0.2, 0.25) is 11.8 Å². The molecule has 17 heavy (non-hydrogen) atoms. The molecule has 0 spiro atoms. The summed E-state index contributed by atoms with van der Waals surface area (Å²) in [6.07, 6.45) is 1.06. The van der Waals surface area contributed by atoms with Crippen LogP contribution in [0.2, 0.25) is 0 Å². The van der Waals surface area contributed by atoms with Crippen molar-refractivity contribution in [2.45, 2.75) is 6.92 Å². The molecule has 6 nitrogen and oxygen atoms in total. The molecule has 0 saturated heterocycles. The number of carbonyl (C=O) groups is 2. The van der Waals surface area contributed by atoms with Crippen molar-refractivity contribution in [1.82, 2.24) is 0 Å². The Balaban J connectivity index is -0.000000174. The number of rotatable bonds is 2. The molecule has 0 bridgehead atoms. The third-order valence-electron chi connectivity index (χ3n) is 0.892. The van der Waals surface area contributed by atoms with Gasteiger partial charge in [-0.2, -0.15) is 10.5 Å². The lowest BCUT2D eigenvalue weighted by Crippen LogP contribution is -2.10. The van der Waals surface area contributed by atoms with Crippen LogP contribution in [0.5, 0.6) is 0 Å². The van der Waals surface area contributed by atoms with Crippen molar-refractivity contribution in [2.75, 3.05) is 0 Å². The highest BCUT2D eigenvalue weighted by Crippen LogP contribution is 1.78. The minimum atomic E-state index is -0.481. The molecule has 0 aromatic heterocycles. The first-order valence-corrected chi connectivity index (χ1v) is 4.09. The van der Waals surface area contributed by atoms with E-state index in [0.29, 0.717) is 5.57 Å². The van der Waals surface area contributed by atoms with Crippen molar-refractivity contribution in [3.63, 3.8) is 0 Å². The molecule has 0 atom stereocenters. The van der Waals surface area contributed by atoms with E-state index in [1.165, 1.54) is 0 Å². The molecule has 0 saturated carbocycles. The van der Waals surface area contributed by atoms with Crippen LogP contribution in [0.3, 0.4) is 0 Å². The fourth-order valence-corrected chi connectivity index (χ4v) is 0.0250. The van der Waals surface area contributed by atoms with Gasteiger partial charge in [0.25, 0.3) is 0 Å². The van der Waals surface area contributed by atoms with E-state index in [-0.39, 0.29) is 5.57 Å².